The van der Waals surface area contributed by atoms with E-state index in [9.17, 15) is 18.4 Å². The number of nitrogens with zero attached hydrogens (tertiary/aromatic N) is 2. The first kappa shape index (κ1) is 10.3. The predicted octanol–water partition coefficient (Wildman–Crippen LogP) is 0.343. The maximum absolute atomic E-state index is 12.9. The molecule has 1 aromatic heterocycles. The highest BCUT2D eigenvalue weighted by molar-refractivity contribution is 5.80. The van der Waals surface area contributed by atoms with Crippen molar-refractivity contribution in [1.29, 1.82) is 0 Å². The number of hydrogen-bond acceptors (Lipinski definition) is 3. The summed E-state index contributed by atoms with van der Waals surface area (Å²) in [4.78, 5) is 20.5. The number of hydrogen-bond donors (Lipinski definition) is 1. The standard InChI is InChI=1S/C7H6F2N2O3/c8-7(9,6(13)14)5(4-12)11-3-1-2-10-11/h1-5H,(H,13,14). The Morgan fingerprint density at radius 2 is 2.29 bits per heavy atom. The smallest absolute Gasteiger partial charge is 0.377 e. The van der Waals surface area contributed by atoms with Gasteiger partial charge in [0.05, 0.1) is 0 Å². The van der Waals surface area contributed by atoms with Crippen molar-refractivity contribution >= 4 is 12.3 Å². The Morgan fingerprint density at radius 1 is 1.64 bits per heavy atom. The third-order valence-electron chi connectivity index (χ3n) is 1.60. The van der Waals surface area contributed by atoms with Crippen molar-refractivity contribution in [2.24, 2.45) is 0 Å². The first-order valence-corrected chi connectivity index (χ1v) is 3.55. The second kappa shape index (κ2) is 3.52. The minimum atomic E-state index is -4.16. The van der Waals surface area contributed by atoms with Crippen molar-refractivity contribution in [2.45, 2.75) is 12.0 Å². The first-order chi connectivity index (χ1) is 6.50. The quantitative estimate of drug-likeness (QED) is 0.718. The van der Waals surface area contributed by atoms with Crippen LogP contribution in [0.25, 0.3) is 0 Å². The van der Waals surface area contributed by atoms with E-state index in [0.29, 0.717) is 4.68 Å². The molecule has 0 radical (unpaired) electrons. The molecule has 0 spiro atoms. The lowest BCUT2D eigenvalue weighted by Crippen LogP contribution is -2.39. The van der Waals surface area contributed by atoms with Crippen LogP contribution in [0.5, 0.6) is 0 Å². The molecular weight excluding hydrogens is 198 g/mol. The molecular formula is C7H6F2N2O3. The molecule has 1 unspecified atom stereocenters. The fraction of sp³-hybridized carbons (Fsp3) is 0.286. The minimum absolute atomic E-state index is 0.152. The number of aldehydes is 1. The van der Waals surface area contributed by atoms with E-state index >= 15 is 0 Å². The van der Waals surface area contributed by atoms with Gasteiger partial charge in [-0.2, -0.15) is 13.9 Å². The van der Waals surface area contributed by atoms with Crippen LogP contribution in [0, 0.1) is 0 Å². The summed E-state index contributed by atoms with van der Waals surface area (Å²) in [6, 6.07) is -0.802. The van der Waals surface area contributed by atoms with E-state index in [1.807, 2.05) is 0 Å². The van der Waals surface area contributed by atoms with Crippen molar-refractivity contribution < 1.29 is 23.5 Å². The largest absolute Gasteiger partial charge is 0.477 e. The summed E-state index contributed by atoms with van der Waals surface area (Å²) in [5.41, 5.74) is 0. The fourth-order valence-electron chi connectivity index (χ4n) is 0.886. The number of aromatic nitrogens is 2. The fourth-order valence-corrected chi connectivity index (χ4v) is 0.886. The van der Waals surface area contributed by atoms with Gasteiger partial charge in [-0.25, -0.2) is 4.79 Å². The number of halogens is 2. The van der Waals surface area contributed by atoms with E-state index in [1.165, 1.54) is 12.3 Å². The van der Waals surface area contributed by atoms with Crippen LogP contribution in [-0.2, 0) is 9.59 Å². The van der Waals surface area contributed by atoms with Crippen molar-refractivity contribution in [3.8, 4) is 0 Å². The Kier molecular flexibility index (Phi) is 2.59. The molecule has 76 valence electrons. The predicted molar refractivity (Wildman–Crippen MR) is 39.9 cm³/mol. The summed E-state index contributed by atoms with van der Waals surface area (Å²) in [5, 5.41) is 11.6. The Balaban J connectivity index is 3.04. The second-order valence-electron chi connectivity index (χ2n) is 2.50. The van der Waals surface area contributed by atoms with Gasteiger partial charge >= 0.3 is 11.9 Å². The lowest BCUT2D eigenvalue weighted by atomic mass is 10.2. The van der Waals surface area contributed by atoms with E-state index in [2.05, 4.69) is 5.10 Å². The molecule has 0 aliphatic rings. The van der Waals surface area contributed by atoms with Crippen molar-refractivity contribution in [3.05, 3.63) is 18.5 Å². The van der Waals surface area contributed by atoms with E-state index in [1.54, 1.807) is 0 Å². The molecule has 1 N–H and O–H groups in total. The van der Waals surface area contributed by atoms with Crippen molar-refractivity contribution in [2.75, 3.05) is 0 Å². The monoisotopic (exact) mass is 204 g/mol. The van der Waals surface area contributed by atoms with E-state index < -0.39 is 17.9 Å². The molecule has 0 aromatic carbocycles. The molecule has 14 heavy (non-hydrogen) atoms. The van der Waals surface area contributed by atoms with Gasteiger partial charge in [0.2, 0.25) is 0 Å². The van der Waals surface area contributed by atoms with Gasteiger partial charge in [0, 0.05) is 12.4 Å². The molecule has 1 aromatic rings. The topological polar surface area (TPSA) is 72.2 Å². The van der Waals surface area contributed by atoms with Gasteiger partial charge in [0.1, 0.15) is 0 Å². The Morgan fingerprint density at radius 3 is 2.64 bits per heavy atom. The van der Waals surface area contributed by atoms with E-state index in [0.717, 1.165) is 6.20 Å². The normalized spacial score (nSPS) is 13.6. The van der Waals surface area contributed by atoms with Crippen LogP contribution in [0.2, 0.25) is 0 Å². The van der Waals surface area contributed by atoms with Gasteiger partial charge in [-0.05, 0) is 6.07 Å². The van der Waals surface area contributed by atoms with Crippen LogP contribution in [0.4, 0.5) is 8.78 Å². The lowest BCUT2D eigenvalue weighted by molar-refractivity contribution is -0.173. The molecule has 0 saturated carbocycles. The minimum Gasteiger partial charge on any atom is -0.477 e. The Bertz CT molecular complexity index is 337. The zero-order chi connectivity index (χ0) is 10.8. The highest BCUT2D eigenvalue weighted by Gasteiger charge is 2.49. The third kappa shape index (κ3) is 1.61. The molecule has 1 heterocycles. The molecule has 0 bridgehead atoms. The highest BCUT2D eigenvalue weighted by atomic mass is 19.3. The Labute approximate surface area is 76.9 Å². The average Bonchev–Trinajstić information content (AvgIpc) is 2.57. The molecule has 0 amide bonds. The number of carboxylic acids is 1. The summed E-state index contributed by atoms with van der Waals surface area (Å²) in [5.74, 6) is -6.52. The molecule has 0 fully saturated rings. The van der Waals surface area contributed by atoms with E-state index in [-0.39, 0.29) is 6.29 Å². The van der Waals surface area contributed by atoms with Crippen LogP contribution >= 0.6 is 0 Å². The van der Waals surface area contributed by atoms with Gasteiger partial charge in [-0.1, -0.05) is 0 Å². The molecule has 1 rings (SSSR count). The van der Waals surface area contributed by atoms with Crippen LogP contribution in [0.3, 0.4) is 0 Å². The van der Waals surface area contributed by atoms with Crippen LogP contribution in [0.1, 0.15) is 6.04 Å². The number of rotatable bonds is 4. The molecule has 0 aliphatic heterocycles. The SMILES string of the molecule is O=CC(n1cccn1)C(F)(F)C(=O)O. The van der Waals surface area contributed by atoms with Crippen molar-refractivity contribution in [3.63, 3.8) is 0 Å². The summed E-state index contributed by atoms with van der Waals surface area (Å²) < 4.78 is 26.4. The van der Waals surface area contributed by atoms with Crippen LogP contribution < -0.4 is 0 Å². The molecule has 0 aliphatic carbocycles. The van der Waals surface area contributed by atoms with Crippen molar-refractivity contribution in [1.82, 2.24) is 9.78 Å². The molecule has 7 heteroatoms. The van der Waals surface area contributed by atoms with Crippen LogP contribution in [-0.4, -0.2) is 33.1 Å². The lowest BCUT2D eigenvalue weighted by Gasteiger charge is -2.18. The number of carboxylic acid groups (broad SMARTS) is 1. The number of aliphatic carboxylic acids is 1. The van der Waals surface area contributed by atoms with Gasteiger partial charge < -0.3 is 9.90 Å². The molecule has 5 nitrogen and oxygen atoms in total. The zero-order valence-corrected chi connectivity index (χ0v) is 6.80. The number of alkyl halides is 2. The van der Waals surface area contributed by atoms with E-state index in [4.69, 9.17) is 5.11 Å². The summed E-state index contributed by atoms with van der Waals surface area (Å²) in [6.45, 7) is 0. The van der Waals surface area contributed by atoms with Crippen LogP contribution in [0.15, 0.2) is 18.5 Å². The first-order valence-electron chi connectivity index (χ1n) is 3.55. The molecule has 1 atom stereocenters. The zero-order valence-electron chi connectivity index (χ0n) is 6.80. The molecule has 0 saturated heterocycles. The third-order valence-corrected chi connectivity index (χ3v) is 1.60. The summed E-state index contributed by atoms with van der Waals surface area (Å²) in [7, 11) is 0. The summed E-state index contributed by atoms with van der Waals surface area (Å²) >= 11 is 0. The van der Waals surface area contributed by atoms with Gasteiger partial charge in [0.15, 0.2) is 12.3 Å². The highest BCUT2D eigenvalue weighted by Crippen LogP contribution is 2.26. The van der Waals surface area contributed by atoms with Gasteiger partial charge in [-0.3, -0.25) is 4.68 Å². The maximum atomic E-state index is 12.9. The van der Waals surface area contributed by atoms with Gasteiger partial charge in [0.25, 0.3) is 0 Å². The van der Waals surface area contributed by atoms with Gasteiger partial charge in [-0.15, -0.1) is 0 Å². The Hall–Kier alpha value is -1.79. The second-order valence-corrected chi connectivity index (χ2v) is 2.50. The average molecular weight is 204 g/mol. The summed E-state index contributed by atoms with van der Waals surface area (Å²) in [6.07, 6.45) is 2.12. The number of carbonyl (C=O) groups is 2. The number of carbonyl (C=O) groups excluding carboxylic acids is 1. The maximum Gasteiger partial charge on any atom is 0.377 e.